The van der Waals surface area contributed by atoms with Crippen molar-refractivity contribution in [1.29, 1.82) is 0 Å². The van der Waals surface area contributed by atoms with Crippen molar-refractivity contribution in [1.82, 2.24) is 0 Å². The van der Waals surface area contributed by atoms with Crippen LogP contribution in [0.3, 0.4) is 0 Å². The molecule has 0 fully saturated rings. The van der Waals surface area contributed by atoms with E-state index in [1.54, 1.807) is 14.2 Å². The van der Waals surface area contributed by atoms with Gasteiger partial charge in [0.2, 0.25) is 0 Å². The quantitative estimate of drug-likeness (QED) is 0.350. The first-order valence-corrected chi connectivity index (χ1v) is 7.80. The van der Waals surface area contributed by atoms with Gasteiger partial charge in [0.05, 0.1) is 52.9 Å². The summed E-state index contributed by atoms with van der Waals surface area (Å²) in [5.41, 5.74) is 0.973. The molecule has 0 atom stereocenters. The molecule has 130 valence electrons. The summed E-state index contributed by atoms with van der Waals surface area (Å²) < 4.78 is 32.1. The Hall–Kier alpha value is -0.955. The van der Waals surface area contributed by atoms with Crippen LogP contribution >= 0.6 is 0 Å². The molecule has 7 heteroatoms. The van der Waals surface area contributed by atoms with Gasteiger partial charge in [0.25, 0.3) is 0 Å². The molecule has 0 aromatic heterocycles. The second-order valence-corrected chi connectivity index (χ2v) is 4.69. The zero-order valence-corrected chi connectivity index (χ0v) is 14.1. The third-order valence-electron chi connectivity index (χ3n) is 2.93. The van der Waals surface area contributed by atoms with E-state index >= 15 is 0 Å². The highest BCUT2D eigenvalue weighted by Gasteiger charge is 2.20. The normalized spacial score (nSPS) is 10.9. The van der Waals surface area contributed by atoms with Crippen molar-refractivity contribution in [2.24, 2.45) is 0 Å². The molecule has 0 radical (unpaired) electrons. The average molecular weight is 326 g/mol. The summed E-state index contributed by atoms with van der Waals surface area (Å²) in [5.74, 6) is 0. The Morgan fingerprint density at radius 1 is 0.652 bits per heavy atom. The van der Waals surface area contributed by atoms with Gasteiger partial charge in [0.15, 0.2) is 0 Å². The summed E-state index contributed by atoms with van der Waals surface area (Å²) in [6.07, 6.45) is 0. The van der Waals surface area contributed by atoms with Crippen molar-refractivity contribution in [2.45, 2.75) is 0 Å². The van der Waals surface area contributed by atoms with Gasteiger partial charge in [0, 0.05) is 14.2 Å². The van der Waals surface area contributed by atoms with Crippen LogP contribution in [0.5, 0.6) is 0 Å². The maximum Gasteiger partial charge on any atom is 0.494 e. The van der Waals surface area contributed by atoms with Crippen LogP contribution in [0.2, 0.25) is 0 Å². The zero-order valence-electron chi connectivity index (χ0n) is 14.1. The lowest BCUT2D eigenvalue weighted by molar-refractivity contribution is 0.0386. The Bertz CT molecular complexity index is 349. The van der Waals surface area contributed by atoms with Gasteiger partial charge in [-0.3, -0.25) is 0 Å². The molecule has 0 heterocycles. The number of benzene rings is 1. The Kier molecular flexibility index (Phi) is 12.8. The fourth-order valence-corrected chi connectivity index (χ4v) is 1.77. The van der Waals surface area contributed by atoms with E-state index in [0.717, 1.165) is 5.46 Å². The van der Waals surface area contributed by atoms with E-state index in [9.17, 15) is 0 Å². The van der Waals surface area contributed by atoms with E-state index in [1.165, 1.54) is 0 Å². The lowest BCUT2D eigenvalue weighted by atomic mass is 9.79. The predicted molar refractivity (Wildman–Crippen MR) is 89.1 cm³/mol. The monoisotopic (exact) mass is 326 g/mol. The van der Waals surface area contributed by atoms with Crippen LogP contribution in [0.15, 0.2) is 30.3 Å². The summed E-state index contributed by atoms with van der Waals surface area (Å²) in [4.78, 5) is 0. The van der Waals surface area contributed by atoms with Crippen LogP contribution in [-0.4, -0.2) is 74.2 Å². The molecule has 0 N–H and O–H groups in total. The summed E-state index contributed by atoms with van der Waals surface area (Å²) in [6, 6.07) is 9.82. The van der Waals surface area contributed by atoms with Crippen molar-refractivity contribution in [2.75, 3.05) is 67.1 Å². The third kappa shape index (κ3) is 10.4. The number of rotatable bonds is 15. The summed E-state index contributed by atoms with van der Waals surface area (Å²) in [5, 5.41) is 0. The van der Waals surface area contributed by atoms with Gasteiger partial charge in [-0.15, -0.1) is 0 Å². The largest absolute Gasteiger partial charge is 0.494 e. The highest BCUT2D eigenvalue weighted by atomic mass is 16.6. The second kappa shape index (κ2) is 14.6. The highest BCUT2D eigenvalue weighted by molar-refractivity contribution is 6.61. The van der Waals surface area contributed by atoms with Crippen LogP contribution in [0, 0.1) is 0 Å². The van der Waals surface area contributed by atoms with Crippen molar-refractivity contribution in [3.05, 3.63) is 30.3 Å². The number of ether oxygens (including phenoxy) is 4. The first-order chi connectivity index (χ1) is 11.4. The Morgan fingerprint density at radius 2 is 1.13 bits per heavy atom. The molecule has 1 aromatic carbocycles. The van der Waals surface area contributed by atoms with E-state index in [4.69, 9.17) is 28.3 Å². The summed E-state index contributed by atoms with van der Waals surface area (Å²) >= 11 is 0. The second-order valence-electron chi connectivity index (χ2n) is 4.69. The summed E-state index contributed by atoms with van der Waals surface area (Å²) in [6.45, 7) is 4.19. The molecule has 0 unspecified atom stereocenters. The molecule has 0 saturated carbocycles. The van der Waals surface area contributed by atoms with Crippen molar-refractivity contribution < 1.29 is 28.3 Å². The highest BCUT2D eigenvalue weighted by Crippen LogP contribution is 1.95. The van der Waals surface area contributed by atoms with E-state index in [2.05, 4.69) is 0 Å². The molecule has 0 saturated heterocycles. The summed E-state index contributed by atoms with van der Waals surface area (Å²) in [7, 11) is 2.87. The van der Waals surface area contributed by atoms with E-state index in [1.807, 2.05) is 30.3 Å². The molecule has 0 spiro atoms. The van der Waals surface area contributed by atoms with Gasteiger partial charge in [-0.1, -0.05) is 30.3 Å². The van der Waals surface area contributed by atoms with Crippen LogP contribution in [0.1, 0.15) is 0 Å². The van der Waals surface area contributed by atoms with E-state index in [0.29, 0.717) is 52.9 Å². The fourth-order valence-electron chi connectivity index (χ4n) is 1.77. The predicted octanol–water partition coefficient (Wildman–Crippen LogP) is 0.741. The Balaban J connectivity index is 2.26. The molecular formula is C16H27BO6. The fraction of sp³-hybridized carbons (Fsp3) is 0.625. The molecule has 0 aliphatic heterocycles. The molecule has 0 bridgehead atoms. The molecule has 1 aromatic rings. The minimum atomic E-state index is -0.423. The van der Waals surface area contributed by atoms with E-state index in [-0.39, 0.29) is 0 Å². The number of hydrogen-bond donors (Lipinski definition) is 0. The van der Waals surface area contributed by atoms with Crippen LogP contribution in [0.25, 0.3) is 0 Å². The van der Waals surface area contributed by atoms with Crippen LogP contribution < -0.4 is 5.46 Å². The Morgan fingerprint density at radius 3 is 1.61 bits per heavy atom. The number of hydrogen-bond acceptors (Lipinski definition) is 6. The minimum absolute atomic E-state index is 0.423. The van der Waals surface area contributed by atoms with Crippen molar-refractivity contribution in [3.63, 3.8) is 0 Å². The molecule has 1 rings (SSSR count). The molecule has 23 heavy (non-hydrogen) atoms. The topological polar surface area (TPSA) is 55.4 Å². The van der Waals surface area contributed by atoms with Crippen LogP contribution in [0.4, 0.5) is 0 Å². The van der Waals surface area contributed by atoms with E-state index < -0.39 is 7.12 Å². The molecule has 0 amide bonds. The van der Waals surface area contributed by atoms with Crippen molar-refractivity contribution >= 4 is 12.6 Å². The van der Waals surface area contributed by atoms with Gasteiger partial charge in [-0.05, 0) is 5.46 Å². The standard InChI is InChI=1S/C16H27BO6/c1-18-8-10-20-12-14-22-17(16-6-4-3-5-7-16)23-15-13-21-11-9-19-2/h3-7H,8-15H2,1-2H3. The molecule has 6 nitrogen and oxygen atoms in total. The SMILES string of the molecule is COCCOCCOB(OCCOCCOC)c1ccccc1. The number of methoxy groups -OCH3 is 2. The smallest absolute Gasteiger partial charge is 0.405 e. The zero-order chi connectivity index (χ0) is 16.6. The Labute approximate surface area is 139 Å². The average Bonchev–Trinajstić information content (AvgIpc) is 2.60. The minimum Gasteiger partial charge on any atom is -0.405 e. The van der Waals surface area contributed by atoms with Crippen LogP contribution in [-0.2, 0) is 28.3 Å². The van der Waals surface area contributed by atoms with Gasteiger partial charge >= 0.3 is 7.12 Å². The first-order valence-electron chi connectivity index (χ1n) is 7.80. The van der Waals surface area contributed by atoms with Gasteiger partial charge < -0.3 is 28.3 Å². The van der Waals surface area contributed by atoms with Gasteiger partial charge in [-0.25, -0.2) is 0 Å². The van der Waals surface area contributed by atoms with Gasteiger partial charge in [0.1, 0.15) is 0 Å². The first kappa shape index (κ1) is 20.1. The lowest BCUT2D eigenvalue weighted by Crippen LogP contribution is -2.38. The molecule has 0 aliphatic carbocycles. The third-order valence-corrected chi connectivity index (χ3v) is 2.93. The van der Waals surface area contributed by atoms with Gasteiger partial charge in [-0.2, -0.15) is 0 Å². The lowest BCUT2D eigenvalue weighted by Gasteiger charge is -2.15. The maximum absolute atomic E-state index is 5.77. The maximum atomic E-state index is 5.77. The molecule has 0 aliphatic rings. The molecular weight excluding hydrogens is 299 g/mol. The van der Waals surface area contributed by atoms with Crippen molar-refractivity contribution in [3.8, 4) is 0 Å².